The third kappa shape index (κ3) is 1.87. The van der Waals surface area contributed by atoms with Gasteiger partial charge in [0, 0.05) is 25.0 Å². The van der Waals surface area contributed by atoms with E-state index >= 15 is 0 Å². The molecule has 0 bridgehead atoms. The Morgan fingerprint density at radius 2 is 2.15 bits per heavy atom. The molecule has 2 heterocycles. The number of nitrogens with zero attached hydrogens (tertiary/aromatic N) is 1. The topological polar surface area (TPSA) is 29.5 Å². The van der Waals surface area contributed by atoms with Gasteiger partial charge in [-0.2, -0.15) is 0 Å². The van der Waals surface area contributed by atoms with Gasteiger partial charge in [0.2, 0.25) is 0 Å². The van der Waals surface area contributed by atoms with Crippen molar-refractivity contribution in [1.82, 2.24) is 4.90 Å². The van der Waals surface area contributed by atoms with Crippen LogP contribution in [0.3, 0.4) is 0 Å². The van der Waals surface area contributed by atoms with Gasteiger partial charge in [-0.15, -0.1) is 0 Å². The highest BCUT2D eigenvalue weighted by Crippen LogP contribution is 2.44. The predicted octanol–water partition coefficient (Wildman–Crippen LogP) is 2.96. The lowest BCUT2D eigenvalue weighted by molar-refractivity contribution is 0.0454. The highest BCUT2D eigenvalue weighted by atomic mass is 16.5. The molecule has 0 aromatic heterocycles. The molecule has 1 aromatic rings. The van der Waals surface area contributed by atoms with Crippen LogP contribution in [0.5, 0.6) is 5.75 Å². The maximum atomic E-state index is 12.5. The van der Waals surface area contributed by atoms with Gasteiger partial charge in [-0.3, -0.25) is 9.69 Å². The quantitative estimate of drug-likeness (QED) is 0.786. The van der Waals surface area contributed by atoms with E-state index in [1.54, 1.807) is 0 Å². The molecule has 1 spiro atoms. The zero-order chi connectivity index (χ0) is 13.9. The van der Waals surface area contributed by atoms with Gasteiger partial charge in [0.15, 0.2) is 5.78 Å². The largest absolute Gasteiger partial charge is 0.485 e. The zero-order valence-electron chi connectivity index (χ0n) is 12.2. The minimum atomic E-state index is -0.276. The van der Waals surface area contributed by atoms with Crippen LogP contribution < -0.4 is 4.74 Å². The Bertz CT molecular complexity index is 578. The van der Waals surface area contributed by atoms with E-state index in [0.717, 1.165) is 35.9 Å². The van der Waals surface area contributed by atoms with Gasteiger partial charge in [-0.1, -0.05) is 11.6 Å². The molecule has 4 rings (SSSR count). The van der Waals surface area contributed by atoms with E-state index in [9.17, 15) is 4.79 Å². The van der Waals surface area contributed by atoms with E-state index < -0.39 is 0 Å². The molecule has 0 radical (unpaired) electrons. The van der Waals surface area contributed by atoms with Crippen LogP contribution in [0.15, 0.2) is 18.2 Å². The van der Waals surface area contributed by atoms with E-state index in [1.807, 2.05) is 25.1 Å². The average Bonchev–Trinajstić information content (AvgIpc) is 3.17. The molecule has 3 aliphatic rings. The molecule has 1 saturated carbocycles. The van der Waals surface area contributed by atoms with Crippen LogP contribution in [0.4, 0.5) is 0 Å². The highest BCUT2D eigenvalue weighted by Gasteiger charge is 2.51. The lowest BCUT2D eigenvalue weighted by Gasteiger charge is -2.35. The Balaban J connectivity index is 1.66. The van der Waals surface area contributed by atoms with Crippen LogP contribution in [0.2, 0.25) is 0 Å². The summed E-state index contributed by atoms with van der Waals surface area (Å²) in [6, 6.07) is 7.22. The van der Waals surface area contributed by atoms with Crippen LogP contribution in [0.25, 0.3) is 0 Å². The summed E-state index contributed by atoms with van der Waals surface area (Å²) in [6.07, 6.45) is 4.13. The Kier molecular flexibility index (Phi) is 2.53. The summed E-state index contributed by atoms with van der Waals surface area (Å²) < 4.78 is 6.32. The maximum absolute atomic E-state index is 12.5. The minimum Gasteiger partial charge on any atom is -0.485 e. The normalized spacial score (nSPS) is 33.3. The van der Waals surface area contributed by atoms with Crippen LogP contribution in [0.1, 0.15) is 48.5 Å². The van der Waals surface area contributed by atoms with Gasteiger partial charge < -0.3 is 4.74 Å². The number of hydrogen-bond donors (Lipinski definition) is 0. The van der Waals surface area contributed by atoms with Crippen LogP contribution in [0, 0.1) is 6.92 Å². The molecule has 3 heteroatoms. The summed E-state index contributed by atoms with van der Waals surface area (Å²) in [7, 11) is 0. The number of carbonyl (C=O) groups excluding carboxylic acids is 1. The molecule has 0 N–H and O–H groups in total. The second-order valence-electron chi connectivity index (χ2n) is 6.84. The number of benzene rings is 1. The Hall–Kier alpha value is -1.35. The molecule has 2 fully saturated rings. The second-order valence-corrected chi connectivity index (χ2v) is 6.84. The van der Waals surface area contributed by atoms with Crippen molar-refractivity contribution in [2.24, 2.45) is 0 Å². The molecule has 2 aliphatic heterocycles. The van der Waals surface area contributed by atoms with Gasteiger partial charge in [0.25, 0.3) is 0 Å². The van der Waals surface area contributed by atoms with E-state index in [2.05, 4.69) is 11.8 Å². The van der Waals surface area contributed by atoms with Crippen molar-refractivity contribution in [3.63, 3.8) is 0 Å². The number of ketones is 1. The Labute approximate surface area is 119 Å². The number of hydrogen-bond acceptors (Lipinski definition) is 3. The number of ether oxygens (including phenoxy) is 1. The van der Waals surface area contributed by atoms with E-state index in [0.29, 0.717) is 12.5 Å². The molecule has 2 atom stereocenters. The highest BCUT2D eigenvalue weighted by molar-refractivity contribution is 6.00. The Morgan fingerprint density at radius 1 is 1.35 bits per heavy atom. The predicted molar refractivity (Wildman–Crippen MR) is 77.3 cm³/mol. The molecule has 20 heavy (non-hydrogen) atoms. The van der Waals surface area contributed by atoms with E-state index in [-0.39, 0.29) is 11.4 Å². The maximum Gasteiger partial charge on any atom is 0.170 e. The fraction of sp³-hybridized carbons (Fsp3) is 0.588. The first-order valence-corrected chi connectivity index (χ1v) is 7.65. The molecule has 1 aromatic carbocycles. The average molecular weight is 271 g/mol. The van der Waals surface area contributed by atoms with Gasteiger partial charge in [-0.05, 0) is 38.8 Å². The van der Waals surface area contributed by atoms with Crippen LogP contribution >= 0.6 is 0 Å². The number of Topliss-reactive ketones (excluding diaryl/α,β-unsaturated/α-hetero) is 1. The molecule has 1 saturated heterocycles. The van der Waals surface area contributed by atoms with Crippen molar-refractivity contribution in [2.75, 3.05) is 6.54 Å². The number of aryl methyl sites for hydroxylation is 1. The zero-order valence-corrected chi connectivity index (χ0v) is 12.2. The fourth-order valence-electron chi connectivity index (χ4n) is 3.91. The summed E-state index contributed by atoms with van der Waals surface area (Å²) in [5, 5.41) is 0. The van der Waals surface area contributed by atoms with Gasteiger partial charge in [0.1, 0.15) is 11.4 Å². The SMILES string of the molecule is Cc1ccc2c(c1)C(=O)CC1(CC(C)N(C3CC3)C1)O2. The summed E-state index contributed by atoms with van der Waals surface area (Å²) in [6.45, 7) is 5.20. The first-order valence-electron chi connectivity index (χ1n) is 7.65. The van der Waals surface area contributed by atoms with Crippen LogP contribution in [-0.2, 0) is 0 Å². The molecule has 2 unspecified atom stereocenters. The fourth-order valence-corrected chi connectivity index (χ4v) is 3.91. The number of rotatable bonds is 1. The van der Waals surface area contributed by atoms with Crippen molar-refractivity contribution in [3.8, 4) is 5.75 Å². The minimum absolute atomic E-state index is 0.250. The molecule has 106 valence electrons. The first kappa shape index (κ1) is 12.4. The van der Waals surface area contributed by atoms with Gasteiger partial charge in [-0.25, -0.2) is 0 Å². The lowest BCUT2D eigenvalue weighted by atomic mass is 9.87. The lowest BCUT2D eigenvalue weighted by Crippen LogP contribution is -2.44. The summed E-state index contributed by atoms with van der Waals surface area (Å²) >= 11 is 0. The Morgan fingerprint density at radius 3 is 2.90 bits per heavy atom. The molecule has 3 nitrogen and oxygen atoms in total. The number of carbonyl (C=O) groups is 1. The van der Waals surface area contributed by atoms with Crippen molar-refractivity contribution in [3.05, 3.63) is 29.3 Å². The summed E-state index contributed by atoms with van der Waals surface area (Å²) in [4.78, 5) is 15.0. The number of likely N-dealkylation sites (tertiary alicyclic amines) is 1. The van der Waals surface area contributed by atoms with Crippen molar-refractivity contribution < 1.29 is 9.53 Å². The summed E-state index contributed by atoms with van der Waals surface area (Å²) in [5.74, 6) is 1.04. The molecule has 1 aliphatic carbocycles. The smallest absolute Gasteiger partial charge is 0.170 e. The molecular formula is C17H21NO2. The monoisotopic (exact) mass is 271 g/mol. The van der Waals surface area contributed by atoms with Gasteiger partial charge >= 0.3 is 0 Å². The van der Waals surface area contributed by atoms with E-state index in [4.69, 9.17) is 4.74 Å². The standard InChI is InChI=1S/C17H21NO2/c1-11-3-6-16-14(7-11)15(19)9-17(20-16)8-12(2)18(10-17)13-4-5-13/h3,6-7,12-13H,4-5,8-10H2,1-2H3. The third-order valence-electron chi connectivity index (χ3n) is 4.96. The summed E-state index contributed by atoms with van der Waals surface area (Å²) in [5.41, 5.74) is 1.62. The van der Waals surface area contributed by atoms with Crippen LogP contribution in [-0.4, -0.2) is 34.9 Å². The molecule has 0 amide bonds. The van der Waals surface area contributed by atoms with Gasteiger partial charge in [0.05, 0.1) is 12.0 Å². The van der Waals surface area contributed by atoms with Crippen molar-refractivity contribution >= 4 is 5.78 Å². The van der Waals surface area contributed by atoms with E-state index in [1.165, 1.54) is 12.8 Å². The second kappa shape index (κ2) is 4.08. The van der Waals surface area contributed by atoms with Crippen molar-refractivity contribution in [2.45, 2.75) is 57.2 Å². The third-order valence-corrected chi connectivity index (χ3v) is 4.96. The molecular weight excluding hydrogens is 250 g/mol. The van der Waals surface area contributed by atoms with Crippen molar-refractivity contribution in [1.29, 1.82) is 0 Å². The number of fused-ring (bicyclic) bond motifs is 1. The first-order chi connectivity index (χ1) is 9.56.